The number of hydrogen-bond donors (Lipinski definition) is 1. The van der Waals surface area contributed by atoms with Gasteiger partial charge in [0.25, 0.3) is 0 Å². The van der Waals surface area contributed by atoms with Crippen LogP contribution in [-0.2, 0) is 4.79 Å². The van der Waals surface area contributed by atoms with Crippen molar-refractivity contribution in [2.24, 2.45) is 11.3 Å². The molecule has 0 bridgehead atoms. The first-order valence-electron chi connectivity index (χ1n) is 6.45. The van der Waals surface area contributed by atoms with E-state index in [1.807, 2.05) is 11.8 Å². The summed E-state index contributed by atoms with van der Waals surface area (Å²) in [6, 6.07) is 0. The number of thioether (sulfide) groups is 1. The maximum atomic E-state index is 11.5. The second kappa shape index (κ2) is 6.53. The maximum Gasteiger partial charge on any atom is 0.309 e. The first-order valence-corrected chi connectivity index (χ1v) is 7.61. The number of aliphatic carboxylic acids is 1. The minimum atomic E-state index is -0.553. The SMILES string of the molecule is CCSCCC1(C(=O)O)CCCC(CC)C1. The average molecular weight is 244 g/mol. The first kappa shape index (κ1) is 13.9. The van der Waals surface area contributed by atoms with E-state index in [-0.39, 0.29) is 0 Å². The van der Waals surface area contributed by atoms with Gasteiger partial charge in [-0.15, -0.1) is 0 Å². The van der Waals surface area contributed by atoms with Gasteiger partial charge in [-0.05, 0) is 36.7 Å². The molecular formula is C13H24O2S. The fraction of sp³-hybridized carbons (Fsp3) is 0.923. The number of carbonyl (C=O) groups is 1. The van der Waals surface area contributed by atoms with Crippen LogP contribution in [0.4, 0.5) is 0 Å². The van der Waals surface area contributed by atoms with E-state index in [1.165, 1.54) is 6.42 Å². The van der Waals surface area contributed by atoms with Crippen molar-refractivity contribution in [1.29, 1.82) is 0 Å². The Labute approximate surface area is 103 Å². The van der Waals surface area contributed by atoms with E-state index in [1.54, 1.807) is 0 Å². The van der Waals surface area contributed by atoms with Crippen LogP contribution in [0, 0.1) is 11.3 Å². The molecule has 0 radical (unpaired) electrons. The van der Waals surface area contributed by atoms with Gasteiger partial charge in [0.1, 0.15) is 0 Å². The van der Waals surface area contributed by atoms with Crippen molar-refractivity contribution in [2.45, 2.75) is 52.4 Å². The molecule has 1 rings (SSSR count). The van der Waals surface area contributed by atoms with Crippen molar-refractivity contribution in [1.82, 2.24) is 0 Å². The van der Waals surface area contributed by atoms with Crippen LogP contribution >= 0.6 is 11.8 Å². The Balaban J connectivity index is 2.60. The summed E-state index contributed by atoms with van der Waals surface area (Å²) in [5.74, 6) is 2.17. The Morgan fingerprint density at radius 3 is 2.81 bits per heavy atom. The summed E-state index contributed by atoms with van der Waals surface area (Å²) < 4.78 is 0. The monoisotopic (exact) mass is 244 g/mol. The van der Waals surface area contributed by atoms with Crippen molar-refractivity contribution < 1.29 is 9.90 Å². The molecule has 2 atom stereocenters. The second-order valence-electron chi connectivity index (χ2n) is 4.90. The molecule has 0 heterocycles. The smallest absolute Gasteiger partial charge is 0.309 e. The third kappa shape index (κ3) is 3.41. The topological polar surface area (TPSA) is 37.3 Å². The molecule has 16 heavy (non-hydrogen) atoms. The summed E-state index contributed by atoms with van der Waals surface area (Å²) in [5, 5.41) is 9.49. The number of hydrogen-bond acceptors (Lipinski definition) is 2. The van der Waals surface area contributed by atoms with E-state index in [9.17, 15) is 9.90 Å². The Bertz CT molecular complexity index is 230. The summed E-state index contributed by atoms with van der Waals surface area (Å²) in [4.78, 5) is 11.5. The van der Waals surface area contributed by atoms with Crippen LogP contribution in [0.5, 0.6) is 0 Å². The lowest BCUT2D eigenvalue weighted by Gasteiger charge is -2.37. The zero-order chi connectivity index (χ0) is 12.0. The standard InChI is InChI=1S/C13H24O2S/c1-3-11-6-5-7-13(10-11,12(14)15)8-9-16-4-2/h11H,3-10H2,1-2H3,(H,14,15). The van der Waals surface area contributed by atoms with Crippen LogP contribution in [0.2, 0.25) is 0 Å². The van der Waals surface area contributed by atoms with Crippen molar-refractivity contribution in [3.63, 3.8) is 0 Å². The fourth-order valence-corrected chi connectivity index (χ4v) is 3.60. The Hall–Kier alpha value is -0.180. The highest BCUT2D eigenvalue weighted by molar-refractivity contribution is 7.99. The number of carboxylic acids is 1. The van der Waals surface area contributed by atoms with Gasteiger partial charge in [0.2, 0.25) is 0 Å². The summed E-state index contributed by atoms with van der Waals surface area (Å²) >= 11 is 1.86. The van der Waals surface area contributed by atoms with Gasteiger partial charge in [0.05, 0.1) is 5.41 Å². The molecule has 94 valence electrons. The zero-order valence-corrected chi connectivity index (χ0v) is 11.3. The minimum Gasteiger partial charge on any atom is -0.481 e. The summed E-state index contributed by atoms with van der Waals surface area (Å²) in [7, 11) is 0. The highest BCUT2D eigenvalue weighted by Crippen LogP contribution is 2.44. The highest BCUT2D eigenvalue weighted by Gasteiger charge is 2.41. The summed E-state index contributed by atoms with van der Waals surface area (Å²) in [5.41, 5.74) is -0.402. The average Bonchev–Trinajstić information content (AvgIpc) is 2.29. The van der Waals surface area contributed by atoms with Gasteiger partial charge in [-0.3, -0.25) is 4.79 Å². The van der Waals surface area contributed by atoms with Crippen LogP contribution in [-0.4, -0.2) is 22.6 Å². The third-order valence-corrected chi connectivity index (χ3v) is 4.81. The Morgan fingerprint density at radius 2 is 2.25 bits per heavy atom. The predicted octanol–water partition coefficient (Wildman–Crippen LogP) is 3.80. The van der Waals surface area contributed by atoms with Crippen molar-refractivity contribution in [2.75, 3.05) is 11.5 Å². The molecule has 2 nitrogen and oxygen atoms in total. The minimum absolute atomic E-state index is 0.402. The van der Waals surface area contributed by atoms with Gasteiger partial charge in [-0.25, -0.2) is 0 Å². The van der Waals surface area contributed by atoms with Gasteiger partial charge in [-0.2, -0.15) is 11.8 Å². The Kier molecular flexibility index (Phi) is 5.67. The fourth-order valence-electron chi connectivity index (χ4n) is 2.77. The van der Waals surface area contributed by atoms with Crippen molar-refractivity contribution in [3.8, 4) is 0 Å². The van der Waals surface area contributed by atoms with Gasteiger partial charge in [-0.1, -0.05) is 33.1 Å². The third-order valence-electron chi connectivity index (χ3n) is 3.91. The molecule has 1 aliphatic carbocycles. The van der Waals surface area contributed by atoms with Gasteiger partial charge in [0, 0.05) is 0 Å². The Morgan fingerprint density at radius 1 is 1.50 bits per heavy atom. The lowest BCUT2D eigenvalue weighted by molar-refractivity contribution is -0.152. The molecule has 0 spiro atoms. The molecule has 0 aromatic heterocycles. The molecule has 2 unspecified atom stereocenters. The van der Waals surface area contributed by atoms with Gasteiger partial charge in [0.15, 0.2) is 0 Å². The lowest BCUT2D eigenvalue weighted by Crippen LogP contribution is -2.37. The highest BCUT2D eigenvalue weighted by atomic mass is 32.2. The molecule has 0 aromatic carbocycles. The van der Waals surface area contributed by atoms with Gasteiger partial charge < -0.3 is 5.11 Å². The quantitative estimate of drug-likeness (QED) is 0.722. The zero-order valence-electron chi connectivity index (χ0n) is 10.5. The second-order valence-corrected chi connectivity index (χ2v) is 6.30. The van der Waals surface area contributed by atoms with Crippen LogP contribution < -0.4 is 0 Å². The lowest BCUT2D eigenvalue weighted by atomic mass is 9.67. The molecule has 0 aromatic rings. The summed E-state index contributed by atoms with van der Waals surface area (Å²) in [6.07, 6.45) is 6.12. The normalized spacial score (nSPS) is 30.2. The number of rotatable bonds is 6. The molecule has 1 aliphatic rings. The van der Waals surface area contributed by atoms with E-state index in [0.29, 0.717) is 5.92 Å². The van der Waals surface area contributed by atoms with Crippen LogP contribution in [0.3, 0.4) is 0 Å². The molecule has 1 N–H and O–H groups in total. The van der Waals surface area contributed by atoms with Crippen LogP contribution in [0.25, 0.3) is 0 Å². The van der Waals surface area contributed by atoms with E-state index in [0.717, 1.165) is 43.6 Å². The van der Waals surface area contributed by atoms with Crippen LogP contribution in [0.1, 0.15) is 52.4 Å². The molecule has 1 fully saturated rings. The molecule has 0 amide bonds. The van der Waals surface area contributed by atoms with Gasteiger partial charge >= 0.3 is 5.97 Å². The van der Waals surface area contributed by atoms with Crippen molar-refractivity contribution in [3.05, 3.63) is 0 Å². The number of carboxylic acid groups (broad SMARTS) is 1. The predicted molar refractivity (Wildman–Crippen MR) is 69.9 cm³/mol. The van der Waals surface area contributed by atoms with E-state index >= 15 is 0 Å². The van der Waals surface area contributed by atoms with Crippen LogP contribution in [0.15, 0.2) is 0 Å². The molecule has 1 saturated carbocycles. The van der Waals surface area contributed by atoms with E-state index in [4.69, 9.17) is 0 Å². The van der Waals surface area contributed by atoms with E-state index in [2.05, 4.69) is 13.8 Å². The summed E-state index contributed by atoms with van der Waals surface area (Å²) in [6.45, 7) is 4.32. The first-order chi connectivity index (χ1) is 7.64. The maximum absolute atomic E-state index is 11.5. The van der Waals surface area contributed by atoms with Crippen molar-refractivity contribution >= 4 is 17.7 Å². The molecule has 0 aliphatic heterocycles. The molecule has 3 heteroatoms. The van der Waals surface area contributed by atoms with E-state index < -0.39 is 11.4 Å². The molecular weight excluding hydrogens is 220 g/mol. The molecule has 0 saturated heterocycles. The largest absolute Gasteiger partial charge is 0.481 e.